The summed E-state index contributed by atoms with van der Waals surface area (Å²) in [4.78, 5) is 9.22. The van der Waals surface area contributed by atoms with Crippen molar-refractivity contribution in [2.75, 3.05) is 0 Å². The van der Waals surface area contributed by atoms with Gasteiger partial charge < -0.3 is 5.73 Å². The maximum atomic E-state index is 9.22. The van der Waals surface area contributed by atoms with Crippen molar-refractivity contribution in [2.45, 2.75) is 6.92 Å². The Hall–Kier alpha value is -2.09. The van der Waals surface area contributed by atoms with E-state index in [1.54, 1.807) is 0 Å². The average molecular weight is 215 g/mol. The molecule has 1 amide bonds. The summed E-state index contributed by atoms with van der Waals surface area (Å²) < 4.78 is 0. The second-order valence-electron chi connectivity index (χ2n) is 2.92. The Morgan fingerprint density at radius 1 is 0.625 bits per heavy atom. The number of rotatable bonds is 0. The Balaban J connectivity index is 0.000000217. The third-order valence-electron chi connectivity index (χ3n) is 1.33. The number of primary amides is 1. The fourth-order valence-electron chi connectivity index (χ4n) is 0.770. The maximum Gasteiger partial charge on any atom is 0.214 e. The van der Waals surface area contributed by atoms with Crippen molar-refractivity contribution >= 4 is 5.91 Å². The van der Waals surface area contributed by atoms with Crippen molar-refractivity contribution in [3.05, 3.63) is 72.8 Å². The molecular weight excluding hydrogens is 198 g/mol. The van der Waals surface area contributed by atoms with Gasteiger partial charge >= 0.3 is 0 Å². The van der Waals surface area contributed by atoms with Crippen LogP contribution < -0.4 is 5.73 Å². The molecule has 2 N–H and O–H groups in total. The smallest absolute Gasteiger partial charge is 0.214 e. The summed E-state index contributed by atoms with van der Waals surface area (Å²) in [6, 6.07) is 24.0. The highest BCUT2D eigenvalue weighted by atomic mass is 16.1. The summed E-state index contributed by atoms with van der Waals surface area (Å²) in [5, 5.41) is 0. The first-order chi connectivity index (χ1) is 7.73. The Kier molecular flexibility index (Phi) is 9.55. The van der Waals surface area contributed by atoms with Crippen LogP contribution in [0.5, 0.6) is 0 Å². The molecule has 0 heterocycles. The number of benzene rings is 2. The van der Waals surface area contributed by atoms with Crippen LogP contribution in [0.4, 0.5) is 0 Å². The number of nitrogens with two attached hydrogens (primary N) is 1. The van der Waals surface area contributed by atoms with Crippen molar-refractivity contribution in [1.29, 1.82) is 0 Å². The minimum absolute atomic E-state index is 0.333. The van der Waals surface area contributed by atoms with E-state index in [0.29, 0.717) is 0 Å². The van der Waals surface area contributed by atoms with Gasteiger partial charge in [0.25, 0.3) is 0 Å². The summed E-state index contributed by atoms with van der Waals surface area (Å²) in [7, 11) is 0. The molecule has 0 aliphatic heterocycles. The van der Waals surface area contributed by atoms with Gasteiger partial charge in [0.15, 0.2) is 0 Å². The third kappa shape index (κ3) is 14.4. The zero-order chi connectivity index (χ0) is 12.1. The van der Waals surface area contributed by atoms with Crippen LogP contribution in [0.2, 0.25) is 0 Å². The first-order valence-electron chi connectivity index (χ1n) is 4.99. The monoisotopic (exact) mass is 215 g/mol. The van der Waals surface area contributed by atoms with Gasteiger partial charge in [-0.2, -0.15) is 0 Å². The van der Waals surface area contributed by atoms with Crippen molar-refractivity contribution in [3.63, 3.8) is 0 Å². The van der Waals surface area contributed by atoms with Gasteiger partial charge in [-0.05, 0) is 0 Å². The van der Waals surface area contributed by atoms with Crippen molar-refractivity contribution in [3.8, 4) is 0 Å². The van der Waals surface area contributed by atoms with E-state index in [9.17, 15) is 4.79 Å². The molecule has 2 aromatic rings. The predicted molar refractivity (Wildman–Crippen MR) is 67.8 cm³/mol. The molecule has 2 heteroatoms. The van der Waals surface area contributed by atoms with E-state index < -0.39 is 0 Å². The minimum atomic E-state index is -0.333. The topological polar surface area (TPSA) is 43.1 Å². The highest BCUT2D eigenvalue weighted by Crippen LogP contribution is 1.80. The second-order valence-corrected chi connectivity index (χ2v) is 2.92. The van der Waals surface area contributed by atoms with Crippen LogP contribution in [-0.2, 0) is 4.79 Å². The van der Waals surface area contributed by atoms with Crippen LogP contribution in [0.3, 0.4) is 0 Å². The van der Waals surface area contributed by atoms with E-state index in [1.165, 1.54) is 6.92 Å². The van der Waals surface area contributed by atoms with E-state index in [1.807, 2.05) is 72.8 Å². The minimum Gasteiger partial charge on any atom is -0.370 e. The van der Waals surface area contributed by atoms with Crippen LogP contribution in [-0.4, -0.2) is 5.91 Å². The van der Waals surface area contributed by atoms with Crippen molar-refractivity contribution in [2.24, 2.45) is 5.73 Å². The summed E-state index contributed by atoms with van der Waals surface area (Å²) in [5.74, 6) is -0.333. The molecule has 2 aromatic carbocycles. The van der Waals surface area contributed by atoms with Gasteiger partial charge in [0.05, 0.1) is 0 Å². The van der Waals surface area contributed by atoms with Crippen LogP contribution in [0, 0.1) is 0 Å². The van der Waals surface area contributed by atoms with Crippen LogP contribution in [0.15, 0.2) is 72.8 Å². The number of hydrogen-bond acceptors (Lipinski definition) is 1. The van der Waals surface area contributed by atoms with Gasteiger partial charge in [0.1, 0.15) is 0 Å². The van der Waals surface area contributed by atoms with Gasteiger partial charge in [-0.15, -0.1) is 0 Å². The van der Waals surface area contributed by atoms with E-state index >= 15 is 0 Å². The largest absolute Gasteiger partial charge is 0.370 e. The standard InChI is InChI=1S/2C6H6.C2H5NO/c2*1-2-4-6-5-3-1;1-2(3)4/h2*1-6H;1H3,(H2,3,4). The van der Waals surface area contributed by atoms with Gasteiger partial charge in [0, 0.05) is 6.92 Å². The Morgan fingerprint density at radius 2 is 0.688 bits per heavy atom. The lowest BCUT2D eigenvalue weighted by atomic mass is 10.4. The Morgan fingerprint density at radius 3 is 0.750 bits per heavy atom. The molecule has 0 saturated carbocycles. The fourth-order valence-corrected chi connectivity index (χ4v) is 0.770. The summed E-state index contributed by atoms with van der Waals surface area (Å²) in [5.41, 5.74) is 4.47. The molecule has 0 bridgehead atoms. The molecule has 0 saturated heterocycles. The highest BCUT2D eigenvalue weighted by Gasteiger charge is 1.61. The molecular formula is C14H17NO. The fraction of sp³-hybridized carbons (Fsp3) is 0.0714. The molecule has 84 valence electrons. The molecule has 0 spiro atoms. The summed E-state index contributed by atoms with van der Waals surface area (Å²) in [6.07, 6.45) is 0. The van der Waals surface area contributed by atoms with Gasteiger partial charge in [-0.3, -0.25) is 4.79 Å². The number of hydrogen-bond donors (Lipinski definition) is 1. The van der Waals surface area contributed by atoms with Crippen molar-refractivity contribution in [1.82, 2.24) is 0 Å². The second kappa shape index (κ2) is 11.0. The number of carbonyl (C=O) groups is 1. The lowest BCUT2D eigenvalue weighted by molar-refractivity contribution is -0.115. The quantitative estimate of drug-likeness (QED) is 0.721. The van der Waals surface area contributed by atoms with Crippen LogP contribution in [0.25, 0.3) is 0 Å². The first kappa shape index (κ1) is 13.9. The predicted octanol–water partition coefficient (Wildman–Crippen LogP) is 2.86. The third-order valence-corrected chi connectivity index (χ3v) is 1.33. The molecule has 2 nitrogen and oxygen atoms in total. The molecule has 0 fully saturated rings. The van der Waals surface area contributed by atoms with Gasteiger partial charge in [-0.25, -0.2) is 0 Å². The lowest BCUT2D eigenvalue weighted by Crippen LogP contribution is -2.01. The molecule has 0 aliphatic rings. The first-order valence-corrected chi connectivity index (χ1v) is 4.99. The Labute approximate surface area is 96.7 Å². The molecule has 0 aliphatic carbocycles. The SMILES string of the molecule is CC(N)=O.c1ccccc1.c1ccccc1. The van der Waals surface area contributed by atoms with Crippen LogP contribution >= 0.6 is 0 Å². The molecule has 0 radical (unpaired) electrons. The summed E-state index contributed by atoms with van der Waals surface area (Å²) in [6.45, 7) is 1.31. The molecule has 16 heavy (non-hydrogen) atoms. The lowest BCUT2D eigenvalue weighted by Gasteiger charge is -1.69. The average Bonchev–Trinajstić information content (AvgIpc) is 2.34. The zero-order valence-electron chi connectivity index (χ0n) is 9.41. The number of carbonyl (C=O) groups excluding carboxylic acids is 1. The Bertz CT molecular complexity index is 257. The van der Waals surface area contributed by atoms with E-state index in [4.69, 9.17) is 0 Å². The van der Waals surface area contributed by atoms with E-state index in [0.717, 1.165) is 0 Å². The zero-order valence-corrected chi connectivity index (χ0v) is 9.41. The van der Waals surface area contributed by atoms with E-state index in [-0.39, 0.29) is 5.91 Å². The van der Waals surface area contributed by atoms with Crippen molar-refractivity contribution < 1.29 is 4.79 Å². The summed E-state index contributed by atoms with van der Waals surface area (Å²) >= 11 is 0. The van der Waals surface area contributed by atoms with Gasteiger partial charge in [-0.1, -0.05) is 72.8 Å². The normalized spacial score (nSPS) is 7.56. The maximum absolute atomic E-state index is 9.22. The van der Waals surface area contributed by atoms with Gasteiger partial charge in [0.2, 0.25) is 5.91 Å². The number of amides is 1. The highest BCUT2D eigenvalue weighted by molar-refractivity contribution is 5.70. The molecule has 0 unspecified atom stereocenters. The molecule has 0 atom stereocenters. The van der Waals surface area contributed by atoms with E-state index in [2.05, 4.69) is 5.73 Å². The molecule has 2 rings (SSSR count). The molecule has 0 aromatic heterocycles. The van der Waals surface area contributed by atoms with Crippen LogP contribution in [0.1, 0.15) is 6.92 Å².